The zero-order valence-electron chi connectivity index (χ0n) is 11.9. The lowest BCUT2D eigenvalue weighted by Gasteiger charge is -2.32. The number of hydrogen-bond donors (Lipinski definition) is 2. The number of carbonyl (C=O) groups excluding carboxylic acids is 1. The topological polar surface area (TPSA) is 54.0 Å². The molecule has 1 aromatic rings. The molecule has 0 spiro atoms. The summed E-state index contributed by atoms with van der Waals surface area (Å²) in [5, 5.41) is 6.47. The van der Waals surface area contributed by atoms with E-state index in [1.165, 1.54) is 0 Å². The summed E-state index contributed by atoms with van der Waals surface area (Å²) in [5.74, 6) is 0.504. The van der Waals surface area contributed by atoms with Gasteiger partial charge in [0.2, 0.25) is 5.91 Å². The minimum atomic E-state index is -0.263. The van der Waals surface area contributed by atoms with Crippen molar-refractivity contribution < 1.29 is 4.79 Å². The van der Waals surface area contributed by atoms with Crippen LogP contribution in [0.1, 0.15) is 38.8 Å². The summed E-state index contributed by atoms with van der Waals surface area (Å²) in [6.07, 6.45) is 4.43. The maximum Gasteiger partial charge on any atom is 0.228 e. The van der Waals surface area contributed by atoms with Crippen molar-refractivity contribution in [3.8, 4) is 0 Å². The molecule has 1 fully saturated rings. The molecule has 0 aromatic carbocycles. The van der Waals surface area contributed by atoms with Gasteiger partial charge >= 0.3 is 0 Å². The van der Waals surface area contributed by atoms with Crippen LogP contribution in [0.3, 0.4) is 0 Å². The van der Waals surface area contributed by atoms with Gasteiger partial charge < -0.3 is 10.6 Å². The smallest absolute Gasteiger partial charge is 0.228 e. The summed E-state index contributed by atoms with van der Waals surface area (Å²) in [4.78, 5) is 16.6. The van der Waals surface area contributed by atoms with E-state index in [0.29, 0.717) is 5.92 Å². The number of carbonyl (C=O) groups is 1. The molecule has 0 aliphatic carbocycles. The van der Waals surface area contributed by atoms with Gasteiger partial charge in [-0.15, -0.1) is 0 Å². The van der Waals surface area contributed by atoms with E-state index in [9.17, 15) is 4.79 Å². The van der Waals surface area contributed by atoms with E-state index in [0.717, 1.165) is 25.1 Å². The molecule has 19 heavy (non-hydrogen) atoms. The maximum atomic E-state index is 12.6. The van der Waals surface area contributed by atoms with E-state index < -0.39 is 0 Å². The number of aromatic nitrogens is 1. The highest BCUT2D eigenvalue weighted by molar-refractivity contribution is 5.84. The molecule has 0 radical (unpaired) electrons. The molecule has 2 atom stereocenters. The lowest BCUT2D eigenvalue weighted by molar-refractivity contribution is -0.133. The molecule has 1 saturated heterocycles. The van der Waals surface area contributed by atoms with Crippen LogP contribution in [0.15, 0.2) is 24.5 Å². The predicted molar refractivity (Wildman–Crippen MR) is 75.6 cm³/mol. The predicted octanol–water partition coefficient (Wildman–Crippen LogP) is 1.89. The van der Waals surface area contributed by atoms with E-state index in [1.54, 1.807) is 12.4 Å². The minimum Gasteiger partial charge on any atom is -0.349 e. The van der Waals surface area contributed by atoms with Gasteiger partial charge in [-0.3, -0.25) is 9.78 Å². The Bertz CT molecular complexity index is 424. The summed E-state index contributed by atoms with van der Waals surface area (Å²) in [7, 11) is 0. The van der Waals surface area contributed by atoms with Crippen molar-refractivity contribution in [2.45, 2.75) is 33.2 Å². The average Bonchev–Trinajstić information content (AvgIpc) is 2.90. The Balaban J connectivity index is 2.08. The van der Waals surface area contributed by atoms with Crippen LogP contribution >= 0.6 is 0 Å². The second-order valence-corrected chi connectivity index (χ2v) is 5.71. The molecule has 1 aliphatic heterocycles. The summed E-state index contributed by atoms with van der Waals surface area (Å²) in [5.41, 5.74) is 0.828. The largest absolute Gasteiger partial charge is 0.349 e. The molecule has 4 nitrogen and oxygen atoms in total. The van der Waals surface area contributed by atoms with Crippen LogP contribution < -0.4 is 10.6 Å². The Kier molecular flexibility index (Phi) is 4.20. The summed E-state index contributed by atoms with van der Waals surface area (Å²) >= 11 is 0. The number of pyridine rings is 1. The highest BCUT2D eigenvalue weighted by Gasteiger charge is 2.44. The molecule has 2 unspecified atom stereocenters. The van der Waals surface area contributed by atoms with Gasteiger partial charge in [0, 0.05) is 18.9 Å². The molecule has 2 rings (SSSR count). The normalized spacial score (nSPS) is 24.4. The second-order valence-electron chi connectivity index (χ2n) is 5.71. The van der Waals surface area contributed by atoms with Crippen molar-refractivity contribution in [1.29, 1.82) is 0 Å². The van der Waals surface area contributed by atoms with Crippen LogP contribution in [0.2, 0.25) is 0 Å². The van der Waals surface area contributed by atoms with Crippen LogP contribution in [0.5, 0.6) is 0 Å². The van der Waals surface area contributed by atoms with Crippen LogP contribution in [-0.2, 0) is 4.79 Å². The first-order chi connectivity index (χ1) is 9.06. The number of nitrogens with one attached hydrogen (secondary N) is 2. The van der Waals surface area contributed by atoms with E-state index in [1.807, 2.05) is 19.1 Å². The average molecular weight is 261 g/mol. The van der Waals surface area contributed by atoms with E-state index in [-0.39, 0.29) is 17.4 Å². The number of hydrogen-bond acceptors (Lipinski definition) is 3. The van der Waals surface area contributed by atoms with Crippen molar-refractivity contribution in [3.05, 3.63) is 30.1 Å². The Labute approximate surface area is 115 Å². The zero-order valence-corrected chi connectivity index (χ0v) is 11.9. The van der Waals surface area contributed by atoms with Gasteiger partial charge in [-0.2, -0.15) is 0 Å². The Morgan fingerprint density at radius 2 is 2.05 bits per heavy atom. The Hall–Kier alpha value is -1.42. The van der Waals surface area contributed by atoms with Crippen LogP contribution in [0, 0.1) is 11.3 Å². The molecule has 104 valence electrons. The highest BCUT2D eigenvalue weighted by atomic mass is 16.2. The second kappa shape index (κ2) is 5.70. The monoisotopic (exact) mass is 261 g/mol. The molecule has 2 N–H and O–H groups in total. The quantitative estimate of drug-likeness (QED) is 0.870. The third kappa shape index (κ3) is 2.78. The molecule has 1 aromatic heterocycles. The standard InChI is InChI=1S/C15H23N3O/c1-11(2)15(6-9-17-10-15)14(19)18-12(3)13-4-7-16-8-5-13/h4-5,7-8,11-12,17H,6,9-10H2,1-3H3,(H,18,19). The van der Waals surface area contributed by atoms with E-state index in [2.05, 4.69) is 29.5 Å². The zero-order chi connectivity index (χ0) is 13.9. The van der Waals surface area contributed by atoms with Crippen LogP contribution in [-0.4, -0.2) is 24.0 Å². The summed E-state index contributed by atoms with van der Waals surface area (Å²) < 4.78 is 0. The first kappa shape index (κ1) is 14.0. The first-order valence-electron chi connectivity index (χ1n) is 6.98. The van der Waals surface area contributed by atoms with Crippen LogP contribution in [0.4, 0.5) is 0 Å². The van der Waals surface area contributed by atoms with Gasteiger partial charge in [-0.25, -0.2) is 0 Å². The Morgan fingerprint density at radius 3 is 2.58 bits per heavy atom. The maximum absolute atomic E-state index is 12.6. The highest BCUT2D eigenvalue weighted by Crippen LogP contribution is 2.35. The van der Waals surface area contributed by atoms with Gasteiger partial charge in [-0.05, 0) is 43.5 Å². The van der Waals surface area contributed by atoms with Crippen molar-refractivity contribution in [1.82, 2.24) is 15.6 Å². The SMILES string of the molecule is CC(NC(=O)C1(C(C)C)CCNC1)c1ccncc1. The fraction of sp³-hybridized carbons (Fsp3) is 0.600. The fourth-order valence-electron chi connectivity index (χ4n) is 2.74. The van der Waals surface area contributed by atoms with Crippen molar-refractivity contribution >= 4 is 5.91 Å². The van der Waals surface area contributed by atoms with Crippen molar-refractivity contribution in [2.24, 2.45) is 11.3 Å². The van der Waals surface area contributed by atoms with Gasteiger partial charge in [0.1, 0.15) is 0 Å². The van der Waals surface area contributed by atoms with E-state index in [4.69, 9.17) is 0 Å². The number of rotatable bonds is 4. The van der Waals surface area contributed by atoms with Crippen LogP contribution in [0.25, 0.3) is 0 Å². The molecule has 0 bridgehead atoms. The third-order valence-electron chi connectivity index (χ3n) is 4.30. The Morgan fingerprint density at radius 1 is 1.37 bits per heavy atom. The molecular weight excluding hydrogens is 238 g/mol. The molecule has 2 heterocycles. The van der Waals surface area contributed by atoms with Gasteiger partial charge in [0.25, 0.3) is 0 Å². The molecule has 1 amide bonds. The van der Waals surface area contributed by atoms with Gasteiger partial charge in [0.15, 0.2) is 0 Å². The lowest BCUT2D eigenvalue weighted by atomic mass is 9.75. The molecule has 1 aliphatic rings. The molecule has 4 heteroatoms. The summed E-state index contributed by atoms with van der Waals surface area (Å²) in [6.45, 7) is 7.98. The van der Waals surface area contributed by atoms with E-state index >= 15 is 0 Å². The fourth-order valence-corrected chi connectivity index (χ4v) is 2.74. The van der Waals surface area contributed by atoms with Gasteiger partial charge in [-0.1, -0.05) is 13.8 Å². The van der Waals surface area contributed by atoms with Crippen molar-refractivity contribution in [3.63, 3.8) is 0 Å². The number of amides is 1. The molecular formula is C15H23N3O. The first-order valence-corrected chi connectivity index (χ1v) is 6.98. The third-order valence-corrected chi connectivity index (χ3v) is 4.30. The summed E-state index contributed by atoms with van der Waals surface area (Å²) in [6, 6.07) is 3.91. The number of nitrogens with zero attached hydrogens (tertiary/aromatic N) is 1. The van der Waals surface area contributed by atoms with Crippen molar-refractivity contribution in [2.75, 3.05) is 13.1 Å². The molecule has 0 saturated carbocycles. The lowest BCUT2D eigenvalue weighted by Crippen LogP contribution is -2.46. The van der Waals surface area contributed by atoms with Gasteiger partial charge in [0.05, 0.1) is 11.5 Å². The minimum absolute atomic E-state index is 0.0201.